The summed E-state index contributed by atoms with van der Waals surface area (Å²) < 4.78 is 0. The molecule has 3 aromatic rings. The molecule has 0 unspecified atom stereocenters. The Morgan fingerprint density at radius 2 is 1.86 bits per heavy atom. The number of nitrogens with one attached hydrogen (secondary N) is 1. The van der Waals surface area contributed by atoms with Gasteiger partial charge in [0.15, 0.2) is 5.13 Å². The summed E-state index contributed by atoms with van der Waals surface area (Å²) in [5.41, 5.74) is 3.84. The Hall–Kier alpha value is -2.96. The smallest absolute Gasteiger partial charge is 0.258 e. The second-order valence-electron chi connectivity index (χ2n) is 6.68. The van der Waals surface area contributed by atoms with Crippen LogP contribution in [0, 0.1) is 6.92 Å². The topological polar surface area (TPSA) is 62.3 Å². The van der Waals surface area contributed by atoms with Gasteiger partial charge in [-0.2, -0.15) is 0 Å². The lowest BCUT2D eigenvalue weighted by molar-refractivity contribution is -0.116. The number of anilines is 1. The molecule has 0 fully saturated rings. The van der Waals surface area contributed by atoms with Gasteiger partial charge in [0.25, 0.3) is 5.91 Å². The number of benzene rings is 2. The number of aromatic nitrogens is 1. The van der Waals surface area contributed by atoms with Crippen molar-refractivity contribution in [3.05, 3.63) is 76.1 Å². The SMILES string of the molecule is C=C1c2ccccc2C(=O)N1CCC(=O)Nc1nc(-c2ccc(Cl)cc2)c(C)s1. The summed E-state index contributed by atoms with van der Waals surface area (Å²) in [6.45, 7) is 6.23. The minimum atomic E-state index is -0.196. The summed E-state index contributed by atoms with van der Waals surface area (Å²) >= 11 is 7.36. The van der Waals surface area contributed by atoms with Crippen LogP contribution in [-0.4, -0.2) is 28.2 Å². The van der Waals surface area contributed by atoms with E-state index in [2.05, 4.69) is 16.9 Å². The number of halogens is 1. The van der Waals surface area contributed by atoms with Crippen LogP contribution in [-0.2, 0) is 4.79 Å². The van der Waals surface area contributed by atoms with E-state index in [1.54, 1.807) is 11.0 Å². The number of hydrogen-bond donors (Lipinski definition) is 1. The third-order valence-electron chi connectivity index (χ3n) is 4.76. The van der Waals surface area contributed by atoms with Gasteiger partial charge in [0.05, 0.1) is 5.69 Å². The van der Waals surface area contributed by atoms with Crippen molar-refractivity contribution in [1.82, 2.24) is 9.88 Å². The molecule has 7 heteroatoms. The zero-order valence-corrected chi connectivity index (χ0v) is 17.3. The van der Waals surface area contributed by atoms with Crippen molar-refractivity contribution in [1.29, 1.82) is 0 Å². The average molecular weight is 424 g/mol. The summed E-state index contributed by atoms with van der Waals surface area (Å²) in [6.07, 6.45) is 0.160. The zero-order chi connectivity index (χ0) is 20.5. The molecule has 1 aliphatic rings. The number of nitrogens with zero attached hydrogens (tertiary/aromatic N) is 2. The highest BCUT2D eigenvalue weighted by atomic mass is 35.5. The second-order valence-corrected chi connectivity index (χ2v) is 8.32. The van der Waals surface area contributed by atoms with Crippen molar-refractivity contribution >= 4 is 45.6 Å². The van der Waals surface area contributed by atoms with E-state index >= 15 is 0 Å². The molecule has 2 heterocycles. The molecule has 29 heavy (non-hydrogen) atoms. The molecule has 0 saturated heterocycles. The number of carbonyl (C=O) groups excluding carboxylic acids is 2. The minimum Gasteiger partial charge on any atom is -0.308 e. The standard InChI is InChI=1S/C22H18ClN3O2S/c1-13-17-5-3-4-6-18(17)21(28)26(13)12-11-19(27)24-22-25-20(14(2)29-22)15-7-9-16(23)10-8-15/h3-10H,1,11-12H2,2H3,(H,24,25,27). The van der Waals surface area contributed by atoms with Crippen molar-refractivity contribution in [2.24, 2.45) is 0 Å². The fourth-order valence-electron chi connectivity index (χ4n) is 3.29. The molecule has 4 rings (SSSR count). The highest BCUT2D eigenvalue weighted by Crippen LogP contribution is 2.32. The van der Waals surface area contributed by atoms with Crippen LogP contribution in [0.25, 0.3) is 17.0 Å². The maximum absolute atomic E-state index is 12.5. The van der Waals surface area contributed by atoms with Crippen LogP contribution >= 0.6 is 22.9 Å². The number of rotatable bonds is 5. The average Bonchev–Trinajstić information content (AvgIpc) is 3.19. The van der Waals surface area contributed by atoms with Crippen molar-refractivity contribution in [3.63, 3.8) is 0 Å². The summed E-state index contributed by atoms with van der Waals surface area (Å²) in [4.78, 5) is 32.0. The first kappa shape index (κ1) is 19.4. The molecular weight excluding hydrogens is 406 g/mol. The van der Waals surface area contributed by atoms with Gasteiger partial charge < -0.3 is 10.2 Å². The third-order valence-corrected chi connectivity index (χ3v) is 5.90. The molecule has 0 atom stereocenters. The Morgan fingerprint density at radius 1 is 1.17 bits per heavy atom. The quantitative estimate of drug-likeness (QED) is 0.611. The van der Waals surface area contributed by atoms with Crippen LogP contribution in [0.15, 0.2) is 55.1 Å². The highest BCUT2D eigenvalue weighted by Gasteiger charge is 2.30. The van der Waals surface area contributed by atoms with E-state index in [1.165, 1.54) is 11.3 Å². The summed E-state index contributed by atoms with van der Waals surface area (Å²) in [6, 6.07) is 14.8. The number of aryl methyl sites for hydroxylation is 1. The van der Waals surface area contributed by atoms with Gasteiger partial charge in [-0.15, -0.1) is 11.3 Å². The van der Waals surface area contributed by atoms with E-state index in [0.29, 0.717) is 21.4 Å². The van der Waals surface area contributed by atoms with E-state index in [1.807, 2.05) is 49.4 Å². The first-order chi connectivity index (χ1) is 13.9. The van der Waals surface area contributed by atoms with E-state index in [0.717, 1.165) is 21.7 Å². The molecule has 1 aliphatic heterocycles. The van der Waals surface area contributed by atoms with E-state index < -0.39 is 0 Å². The lowest BCUT2D eigenvalue weighted by atomic mass is 10.1. The van der Waals surface area contributed by atoms with Gasteiger partial charge in [-0.25, -0.2) is 4.98 Å². The Labute approximate surface area is 177 Å². The molecule has 0 aliphatic carbocycles. The summed E-state index contributed by atoms with van der Waals surface area (Å²) in [5.74, 6) is -0.313. The van der Waals surface area contributed by atoms with Gasteiger partial charge in [0.2, 0.25) is 5.91 Å². The van der Waals surface area contributed by atoms with Crippen molar-refractivity contribution in [3.8, 4) is 11.3 Å². The van der Waals surface area contributed by atoms with Gasteiger partial charge in [-0.1, -0.05) is 48.5 Å². The number of amides is 2. The normalized spacial score (nSPS) is 13.0. The van der Waals surface area contributed by atoms with Gasteiger partial charge in [0.1, 0.15) is 0 Å². The highest BCUT2D eigenvalue weighted by molar-refractivity contribution is 7.16. The number of fused-ring (bicyclic) bond motifs is 1. The predicted octanol–water partition coefficient (Wildman–Crippen LogP) is 5.23. The maximum atomic E-state index is 12.5. The largest absolute Gasteiger partial charge is 0.308 e. The Kier molecular flexibility index (Phi) is 5.22. The Bertz CT molecular complexity index is 1090. The molecule has 0 bridgehead atoms. The van der Waals surface area contributed by atoms with Crippen LogP contribution in [0.4, 0.5) is 5.13 Å². The van der Waals surface area contributed by atoms with Crippen LogP contribution in [0.3, 0.4) is 0 Å². The molecule has 0 spiro atoms. The first-order valence-corrected chi connectivity index (χ1v) is 10.3. The molecule has 2 amide bonds. The number of hydrogen-bond acceptors (Lipinski definition) is 4. The molecule has 1 N–H and O–H groups in total. The predicted molar refractivity (Wildman–Crippen MR) is 117 cm³/mol. The second kappa shape index (κ2) is 7.81. The van der Waals surface area contributed by atoms with Gasteiger partial charge in [0, 0.05) is 45.3 Å². The van der Waals surface area contributed by atoms with Crippen LogP contribution in [0.1, 0.15) is 27.2 Å². The maximum Gasteiger partial charge on any atom is 0.258 e. The lowest BCUT2D eigenvalue weighted by Crippen LogP contribution is -2.27. The van der Waals surface area contributed by atoms with Crippen LogP contribution in [0.5, 0.6) is 0 Å². The third kappa shape index (κ3) is 3.81. The van der Waals surface area contributed by atoms with E-state index in [-0.39, 0.29) is 24.8 Å². The Balaban J connectivity index is 1.40. The molecule has 1 aromatic heterocycles. The van der Waals surface area contributed by atoms with Gasteiger partial charge in [-0.3, -0.25) is 9.59 Å². The molecule has 0 radical (unpaired) electrons. The van der Waals surface area contributed by atoms with Crippen molar-refractivity contribution < 1.29 is 9.59 Å². The molecule has 2 aromatic carbocycles. The number of thiazole rings is 1. The summed E-state index contributed by atoms with van der Waals surface area (Å²) in [7, 11) is 0. The molecule has 5 nitrogen and oxygen atoms in total. The summed E-state index contributed by atoms with van der Waals surface area (Å²) in [5, 5.41) is 4.03. The molecular formula is C22H18ClN3O2S. The van der Waals surface area contributed by atoms with Crippen LogP contribution in [0.2, 0.25) is 5.02 Å². The molecule has 146 valence electrons. The minimum absolute atomic E-state index is 0.117. The lowest BCUT2D eigenvalue weighted by Gasteiger charge is -2.16. The van der Waals surface area contributed by atoms with Crippen molar-refractivity contribution in [2.45, 2.75) is 13.3 Å². The molecule has 0 saturated carbocycles. The monoisotopic (exact) mass is 423 g/mol. The van der Waals surface area contributed by atoms with E-state index in [4.69, 9.17) is 11.6 Å². The van der Waals surface area contributed by atoms with Gasteiger partial charge >= 0.3 is 0 Å². The first-order valence-electron chi connectivity index (χ1n) is 9.07. The fraction of sp³-hybridized carbons (Fsp3) is 0.136. The van der Waals surface area contributed by atoms with E-state index in [9.17, 15) is 9.59 Å². The van der Waals surface area contributed by atoms with Crippen LogP contribution < -0.4 is 5.32 Å². The van der Waals surface area contributed by atoms with Gasteiger partial charge in [-0.05, 0) is 25.1 Å². The van der Waals surface area contributed by atoms with Crippen molar-refractivity contribution in [2.75, 3.05) is 11.9 Å². The number of carbonyl (C=O) groups is 2. The fourth-order valence-corrected chi connectivity index (χ4v) is 4.27. The Morgan fingerprint density at radius 3 is 2.55 bits per heavy atom. The zero-order valence-electron chi connectivity index (χ0n) is 15.7.